The van der Waals surface area contributed by atoms with Gasteiger partial charge in [0.15, 0.2) is 6.19 Å². The monoisotopic (exact) mass is 557 g/mol. The number of anilines is 1. The van der Waals surface area contributed by atoms with Gasteiger partial charge in [-0.05, 0) is 49.6 Å². The number of fused-ring (bicyclic) bond motifs is 1. The number of benzene rings is 1. The number of nitriles is 2. The van der Waals surface area contributed by atoms with E-state index in [9.17, 15) is 15.3 Å². The molecule has 0 radical (unpaired) electrons. The van der Waals surface area contributed by atoms with Crippen LogP contribution in [0.15, 0.2) is 61.6 Å². The standard InChI is InChI=1S/C32H31N9O/c1-3-30(42)39-19-32(20-39)17-38(18-32)26-6-4-23(5-7-26)28-12-24(16-40-31(28)25(13-33)14-35-40)29-15-36-41(22(29)2)27-8-10-37(21-34)11-9-27/h3-7,12,14-16,27H,1,8-11,17-20H2,2H3. The van der Waals surface area contributed by atoms with Crippen molar-refractivity contribution in [1.82, 2.24) is 29.2 Å². The second-order valence-corrected chi connectivity index (χ2v) is 11.8. The van der Waals surface area contributed by atoms with Crippen molar-refractivity contribution in [3.8, 4) is 34.5 Å². The van der Waals surface area contributed by atoms with E-state index < -0.39 is 0 Å². The van der Waals surface area contributed by atoms with Crippen molar-refractivity contribution in [2.45, 2.75) is 25.8 Å². The van der Waals surface area contributed by atoms with Gasteiger partial charge in [-0.1, -0.05) is 18.7 Å². The quantitative estimate of drug-likeness (QED) is 0.270. The molecule has 3 aromatic heterocycles. The molecule has 0 atom stereocenters. The minimum atomic E-state index is 0.0112. The molecule has 10 heteroatoms. The van der Waals surface area contributed by atoms with Crippen LogP contribution in [0.3, 0.4) is 0 Å². The molecule has 210 valence electrons. The van der Waals surface area contributed by atoms with Crippen LogP contribution in [-0.4, -0.2) is 74.4 Å². The second kappa shape index (κ2) is 9.78. The summed E-state index contributed by atoms with van der Waals surface area (Å²) < 4.78 is 3.90. The minimum absolute atomic E-state index is 0.0112. The first-order valence-corrected chi connectivity index (χ1v) is 14.3. The van der Waals surface area contributed by atoms with E-state index in [2.05, 4.69) is 70.8 Å². The molecule has 3 aliphatic heterocycles. The van der Waals surface area contributed by atoms with Crippen molar-refractivity contribution in [3.05, 3.63) is 72.8 Å². The van der Waals surface area contributed by atoms with Crippen molar-refractivity contribution >= 4 is 17.1 Å². The summed E-state index contributed by atoms with van der Waals surface area (Å²) in [5, 5.41) is 28.3. The molecule has 1 spiro atoms. The Balaban J connectivity index is 1.16. The van der Waals surface area contributed by atoms with Gasteiger partial charge in [0.05, 0.1) is 29.5 Å². The highest BCUT2D eigenvalue weighted by Crippen LogP contribution is 2.42. The van der Waals surface area contributed by atoms with Gasteiger partial charge >= 0.3 is 0 Å². The van der Waals surface area contributed by atoms with Gasteiger partial charge in [-0.25, -0.2) is 4.52 Å². The fourth-order valence-corrected chi connectivity index (χ4v) is 6.90. The lowest BCUT2D eigenvalue weighted by molar-refractivity contribution is -0.139. The Morgan fingerprint density at radius 2 is 1.76 bits per heavy atom. The van der Waals surface area contributed by atoms with Gasteiger partial charge in [-0.2, -0.15) is 20.7 Å². The fraction of sp³-hybridized carbons (Fsp3) is 0.344. The molecule has 1 amide bonds. The van der Waals surface area contributed by atoms with E-state index in [1.54, 1.807) is 15.6 Å². The lowest BCUT2D eigenvalue weighted by Crippen LogP contribution is -2.73. The average molecular weight is 558 g/mol. The summed E-state index contributed by atoms with van der Waals surface area (Å²) >= 11 is 0. The summed E-state index contributed by atoms with van der Waals surface area (Å²) in [6.07, 6.45) is 10.9. The van der Waals surface area contributed by atoms with Crippen molar-refractivity contribution < 1.29 is 4.79 Å². The smallest absolute Gasteiger partial charge is 0.245 e. The maximum atomic E-state index is 11.8. The summed E-state index contributed by atoms with van der Waals surface area (Å²) in [5.41, 5.74) is 7.72. The molecule has 3 fully saturated rings. The zero-order valence-electron chi connectivity index (χ0n) is 23.6. The molecule has 0 saturated carbocycles. The van der Waals surface area contributed by atoms with Crippen LogP contribution in [0.1, 0.15) is 30.1 Å². The number of carbonyl (C=O) groups is 1. The Morgan fingerprint density at radius 1 is 1.02 bits per heavy atom. The first kappa shape index (κ1) is 25.8. The third-order valence-electron chi connectivity index (χ3n) is 9.17. The van der Waals surface area contributed by atoms with Crippen molar-refractivity contribution in [2.75, 3.05) is 44.2 Å². The van der Waals surface area contributed by atoms with E-state index in [1.165, 1.54) is 6.08 Å². The normalized spacial score (nSPS) is 17.9. The maximum absolute atomic E-state index is 11.8. The summed E-state index contributed by atoms with van der Waals surface area (Å²) in [6.45, 7) is 10.6. The van der Waals surface area contributed by atoms with Crippen LogP contribution >= 0.6 is 0 Å². The number of carbonyl (C=O) groups excluding carboxylic acids is 1. The highest BCUT2D eigenvalue weighted by Gasteiger charge is 2.52. The zero-order chi connectivity index (χ0) is 29.0. The predicted octanol–water partition coefficient (Wildman–Crippen LogP) is 4.00. The van der Waals surface area contributed by atoms with Crippen LogP contribution in [0.2, 0.25) is 0 Å². The number of likely N-dealkylation sites (tertiary alicyclic amines) is 2. The highest BCUT2D eigenvalue weighted by atomic mass is 16.2. The molecule has 0 aliphatic carbocycles. The first-order chi connectivity index (χ1) is 20.4. The highest BCUT2D eigenvalue weighted by molar-refractivity contribution is 5.89. The number of hydrogen-bond acceptors (Lipinski definition) is 7. The van der Waals surface area contributed by atoms with Gasteiger partial charge < -0.3 is 14.7 Å². The number of aromatic nitrogens is 4. The molecule has 1 aromatic carbocycles. The largest absolute Gasteiger partial charge is 0.370 e. The van der Waals surface area contributed by atoms with Crippen molar-refractivity contribution in [3.63, 3.8) is 0 Å². The number of rotatable bonds is 5. The molecular formula is C32H31N9O. The molecule has 10 nitrogen and oxygen atoms in total. The summed E-state index contributed by atoms with van der Waals surface area (Å²) in [7, 11) is 0. The summed E-state index contributed by atoms with van der Waals surface area (Å²) in [5.74, 6) is 0.0112. The molecular weight excluding hydrogens is 526 g/mol. The lowest BCUT2D eigenvalue weighted by Gasteiger charge is -2.60. The van der Waals surface area contributed by atoms with Crippen LogP contribution in [0.25, 0.3) is 27.8 Å². The number of hydrogen-bond donors (Lipinski definition) is 0. The molecule has 6 heterocycles. The number of nitrogens with zero attached hydrogens (tertiary/aromatic N) is 9. The third kappa shape index (κ3) is 4.10. The molecule has 0 unspecified atom stereocenters. The Labute approximate surface area is 244 Å². The van der Waals surface area contributed by atoms with Gasteiger partial charge in [0, 0.05) is 79.0 Å². The van der Waals surface area contributed by atoms with Crippen LogP contribution in [0.5, 0.6) is 0 Å². The summed E-state index contributed by atoms with van der Waals surface area (Å²) in [4.78, 5) is 17.9. The maximum Gasteiger partial charge on any atom is 0.245 e. The summed E-state index contributed by atoms with van der Waals surface area (Å²) in [6, 6.07) is 13.2. The molecule has 3 aliphatic rings. The van der Waals surface area contributed by atoms with Crippen molar-refractivity contribution in [1.29, 1.82) is 10.5 Å². The fourth-order valence-electron chi connectivity index (χ4n) is 6.90. The first-order valence-electron chi connectivity index (χ1n) is 14.3. The average Bonchev–Trinajstić information content (AvgIpc) is 3.58. The van der Waals surface area contributed by atoms with Gasteiger partial charge in [0.1, 0.15) is 6.07 Å². The van der Waals surface area contributed by atoms with E-state index in [-0.39, 0.29) is 17.4 Å². The van der Waals surface area contributed by atoms with Crippen LogP contribution in [-0.2, 0) is 4.79 Å². The van der Waals surface area contributed by atoms with Gasteiger partial charge in [-0.15, -0.1) is 0 Å². The SMILES string of the molecule is C=CC(=O)N1CC2(C1)CN(c1ccc(-c3cc(-c4cnn(C5CCN(C#N)CC5)c4C)cn4ncc(C#N)c34)cc1)C2. The molecule has 7 rings (SSSR count). The number of amides is 1. The van der Waals surface area contributed by atoms with E-state index in [1.807, 2.05) is 17.3 Å². The molecule has 42 heavy (non-hydrogen) atoms. The van der Waals surface area contributed by atoms with Crippen molar-refractivity contribution in [2.24, 2.45) is 5.41 Å². The van der Waals surface area contributed by atoms with Crippen LogP contribution < -0.4 is 4.90 Å². The zero-order valence-corrected chi connectivity index (χ0v) is 23.6. The van der Waals surface area contributed by atoms with Crippen LogP contribution in [0.4, 0.5) is 5.69 Å². The van der Waals surface area contributed by atoms with E-state index >= 15 is 0 Å². The van der Waals surface area contributed by atoms with E-state index in [4.69, 9.17) is 5.10 Å². The minimum Gasteiger partial charge on any atom is -0.370 e. The molecule has 0 bridgehead atoms. The molecule has 3 saturated heterocycles. The Kier molecular flexibility index (Phi) is 6.02. The Hall–Kier alpha value is -5.09. The Morgan fingerprint density at radius 3 is 2.43 bits per heavy atom. The second-order valence-electron chi connectivity index (χ2n) is 11.8. The van der Waals surface area contributed by atoms with Crippen LogP contribution in [0, 0.1) is 35.1 Å². The Bertz CT molecular complexity index is 1780. The van der Waals surface area contributed by atoms with E-state index in [0.717, 1.165) is 91.3 Å². The van der Waals surface area contributed by atoms with Gasteiger partial charge in [0.25, 0.3) is 0 Å². The molecule has 4 aromatic rings. The van der Waals surface area contributed by atoms with E-state index in [0.29, 0.717) is 5.56 Å². The van der Waals surface area contributed by atoms with Gasteiger partial charge in [0.2, 0.25) is 5.91 Å². The number of pyridine rings is 1. The predicted molar refractivity (Wildman–Crippen MR) is 158 cm³/mol. The van der Waals surface area contributed by atoms with Gasteiger partial charge in [-0.3, -0.25) is 9.48 Å². The topological polar surface area (TPSA) is 109 Å². The molecule has 0 N–H and O–H groups in total. The third-order valence-corrected chi connectivity index (χ3v) is 9.17. The lowest BCUT2D eigenvalue weighted by atomic mass is 9.72. The number of piperidine rings is 1.